The van der Waals surface area contributed by atoms with E-state index >= 15 is 0 Å². The monoisotopic (exact) mass is 236 g/mol. The van der Waals surface area contributed by atoms with E-state index in [2.05, 4.69) is 24.6 Å². The Morgan fingerprint density at radius 1 is 1.31 bits per heavy atom. The van der Waals surface area contributed by atoms with Crippen molar-refractivity contribution in [2.75, 3.05) is 12.1 Å². The van der Waals surface area contributed by atoms with Gasteiger partial charge in [-0.15, -0.1) is 11.6 Å². The van der Waals surface area contributed by atoms with Gasteiger partial charge in [-0.1, -0.05) is 11.5 Å². The molecule has 0 atom stereocenters. The summed E-state index contributed by atoms with van der Waals surface area (Å²) in [6.45, 7) is 8.11. The van der Waals surface area contributed by atoms with Crippen LogP contribution in [0.5, 0.6) is 0 Å². The molecule has 0 aromatic rings. The van der Waals surface area contributed by atoms with Gasteiger partial charge in [0.1, 0.15) is 6.61 Å². The molecule has 0 rings (SSSR count). The van der Waals surface area contributed by atoms with E-state index in [4.69, 9.17) is 20.8 Å². The summed E-state index contributed by atoms with van der Waals surface area (Å²) >= 11 is 5.79. The summed E-state index contributed by atoms with van der Waals surface area (Å²) in [5.74, 6) is 2.66. The predicted molar refractivity (Wildman–Crippen MR) is 61.6 cm³/mol. The van der Waals surface area contributed by atoms with Crippen LogP contribution in [-0.4, -0.2) is 33.9 Å². The molecule has 0 fully saturated rings. The summed E-state index contributed by atoms with van der Waals surface area (Å²) in [5, 5.41) is 8.56. The van der Waals surface area contributed by atoms with Crippen molar-refractivity contribution in [1.82, 2.24) is 0 Å². The van der Waals surface area contributed by atoms with Crippen molar-refractivity contribution < 1.29 is 9.22 Å². The maximum atomic E-state index is 8.56. The Hall–Kier alpha value is 0.204. The second kappa shape index (κ2) is 5.18. The summed E-state index contributed by atoms with van der Waals surface area (Å²) in [4.78, 5) is 0. The molecule has 0 bridgehead atoms. The molecule has 0 aliphatic heterocycles. The van der Waals surface area contributed by atoms with Crippen molar-refractivity contribution >= 4 is 28.2 Å². The van der Waals surface area contributed by atoms with Crippen LogP contribution in [0.25, 0.3) is 0 Å². The van der Waals surface area contributed by atoms with Gasteiger partial charge in [-0.3, -0.25) is 0 Å². The zero-order valence-electron chi connectivity index (χ0n) is 8.65. The normalized spacial score (nSPS) is 12.2. The summed E-state index contributed by atoms with van der Waals surface area (Å²) < 4.78 is 5.94. The first-order chi connectivity index (χ1) is 5.83. The summed E-state index contributed by atoms with van der Waals surface area (Å²) in [5.41, 5.74) is 3.58. The predicted octanol–water partition coefficient (Wildman–Crippen LogP) is 1.73. The van der Waals surface area contributed by atoms with E-state index < -0.39 is 16.6 Å². The fraction of sp³-hybridized carbons (Fsp3) is 0.750. The van der Waals surface area contributed by atoms with Gasteiger partial charge in [0.15, 0.2) is 8.32 Å². The van der Waals surface area contributed by atoms with Gasteiger partial charge < -0.3 is 9.22 Å². The Morgan fingerprint density at radius 3 is 2.23 bits per heavy atom. The fourth-order valence-electron chi connectivity index (χ4n) is 0.996. The Kier molecular flexibility index (Phi) is 5.26. The van der Waals surface area contributed by atoms with Gasteiger partial charge in [0, 0.05) is 5.50 Å². The van der Waals surface area contributed by atoms with Crippen LogP contribution in [0, 0.1) is 11.5 Å². The lowest BCUT2D eigenvalue weighted by atomic mass is 10.8. The first-order valence-corrected chi connectivity index (χ1v) is 10.8. The Labute approximate surface area is 87.5 Å². The van der Waals surface area contributed by atoms with E-state index in [1.165, 1.54) is 0 Å². The smallest absolute Gasteiger partial charge is 0.255 e. The number of aliphatic hydroxyl groups is 1. The molecule has 5 heteroatoms. The van der Waals surface area contributed by atoms with Gasteiger partial charge >= 0.3 is 0 Å². The molecule has 0 aliphatic rings. The van der Waals surface area contributed by atoms with E-state index in [1.54, 1.807) is 0 Å². The molecular weight excluding hydrogens is 220 g/mol. The molecule has 0 radical (unpaired) electrons. The van der Waals surface area contributed by atoms with Crippen molar-refractivity contribution in [2.24, 2.45) is 0 Å². The molecule has 0 aromatic heterocycles. The van der Waals surface area contributed by atoms with Gasteiger partial charge in [-0.25, -0.2) is 0 Å². The molecular formula is C8H17ClO2Si2. The lowest BCUT2D eigenvalue weighted by molar-refractivity contribution is 0.350. The minimum atomic E-state index is -1.92. The summed E-state index contributed by atoms with van der Waals surface area (Å²) in [6, 6.07) is 0. The maximum Gasteiger partial charge on any atom is 0.255 e. The highest BCUT2D eigenvalue weighted by molar-refractivity contribution is 6.91. The summed E-state index contributed by atoms with van der Waals surface area (Å²) in [7, 11) is -3.64. The molecule has 0 spiro atoms. The van der Waals surface area contributed by atoms with E-state index in [0.29, 0.717) is 5.50 Å². The Morgan fingerprint density at radius 2 is 1.85 bits per heavy atom. The molecule has 0 aromatic carbocycles. The van der Waals surface area contributed by atoms with E-state index in [-0.39, 0.29) is 6.61 Å². The minimum Gasteiger partial charge on any atom is -0.446 e. The van der Waals surface area contributed by atoms with Gasteiger partial charge in [0.2, 0.25) is 0 Å². The van der Waals surface area contributed by atoms with Crippen molar-refractivity contribution in [3.05, 3.63) is 0 Å². The van der Waals surface area contributed by atoms with Crippen molar-refractivity contribution in [1.29, 1.82) is 0 Å². The second-order valence-corrected chi connectivity index (χ2v) is 12.6. The van der Waals surface area contributed by atoms with Crippen molar-refractivity contribution in [2.45, 2.75) is 26.2 Å². The third-order valence-electron chi connectivity index (χ3n) is 1.32. The molecule has 0 aliphatic carbocycles. The lowest BCUT2D eigenvalue weighted by Gasteiger charge is -2.28. The van der Waals surface area contributed by atoms with E-state index in [1.807, 2.05) is 13.1 Å². The molecule has 13 heavy (non-hydrogen) atoms. The third-order valence-corrected chi connectivity index (χ3v) is 8.93. The highest BCUT2D eigenvalue weighted by atomic mass is 35.5. The Bertz CT molecular complexity index is 218. The lowest BCUT2D eigenvalue weighted by Crippen LogP contribution is -2.45. The standard InChI is InChI=1S/C8H17ClO2Si2/c1-12(2,7-5-6-10)11-13(3,4)8-9/h10H,6,8H2,1-4H3. The van der Waals surface area contributed by atoms with Gasteiger partial charge in [-0.2, -0.15) is 0 Å². The van der Waals surface area contributed by atoms with Crippen molar-refractivity contribution in [3.63, 3.8) is 0 Å². The molecule has 0 heterocycles. The van der Waals surface area contributed by atoms with Gasteiger partial charge in [-0.05, 0) is 26.2 Å². The Balaban J connectivity index is 4.32. The number of halogens is 1. The molecule has 0 unspecified atom stereocenters. The second-order valence-electron chi connectivity index (χ2n) is 3.97. The SMILES string of the molecule is C[Si](C)(C#CCO)O[Si](C)(C)CCl. The van der Waals surface area contributed by atoms with Crippen LogP contribution in [-0.2, 0) is 4.12 Å². The quantitative estimate of drug-likeness (QED) is 0.460. The van der Waals surface area contributed by atoms with E-state index in [0.717, 1.165) is 0 Å². The number of hydrogen-bond donors (Lipinski definition) is 1. The number of hydrogen-bond acceptors (Lipinski definition) is 2. The van der Waals surface area contributed by atoms with Crippen LogP contribution in [0.15, 0.2) is 0 Å². The first kappa shape index (κ1) is 13.2. The van der Waals surface area contributed by atoms with Crippen LogP contribution in [0.3, 0.4) is 0 Å². The fourth-order valence-corrected chi connectivity index (χ4v) is 7.94. The minimum absolute atomic E-state index is 0.0946. The number of rotatable bonds is 3. The molecule has 0 saturated heterocycles. The largest absolute Gasteiger partial charge is 0.446 e. The zero-order valence-corrected chi connectivity index (χ0v) is 11.4. The van der Waals surface area contributed by atoms with Crippen LogP contribution < -0.4 is 0 Å². The molecule has 76 valence electrons. The maximum absolute atomic E-state index is 8.56. The molecule has 0 saturated carbocycles. The highest BCUT2D eigenvalue weighted by Gasteiger charge is 2.31. The molecule has 0 amide bonds. The molecule has 1 N–H and O–H groups in total. The van der Waals surface area contributed by atoms with Crippen molar-refractivity contribution in [3.8, 4) is 11.5 Å². The van der Waals surface area contributed by atoms with Gasteiger partial charge in [0.25, 0.3) is 8.32 Å². The zero-order chi connectivity index (χ0) is 10.5. The topological polar surface area (TPSA) is 29.5 Å². The third kappa shape index (κ3) is 6.30. The average Bonchev–Trinajstić information content (AvgIpc) is 1.99. The number of aliphatic hydroxyl groups excluding tert-OH is 1. The number of alkyl halides is 1. The van der Waals surface area contributed by atoms with Crippen LogP contribution in [0.4, 0.5) is 0 Å². The van der Waals surface area contributed by atoms with Crippen LogP contribution >= 0.6 is 11.6 Å². The molecule has 2 nitrogen and oxygen atoms in total. The first-order valence-electron chi connectivity index (χ1n) is 4.20. The highest BCUT2D eigenvalue weighted by Crippen LogP contribution is 2.14. The van der Waals surface area contributed by atoms with Crippen LogP contribution in [0.1, 0.15) is 0 Å². The summed E-state index contributed by atoms with van der Waals surface area (Å²) in [6.07, 6.45) is 0. The van der Waals surface area contributed by atoms with Gasteiger partial charge in [0.05, 0.1) is 0 Å². The van der Waals surface area contributed by atoms with Crippen LogP contribution in [0.2, 0.25) is 26.2 Å². The van der Waals surface area contributed by atoms with E-state index in [9.17, 15) is 0 Å². The average molecular weight is 237 g/mol.